The van der Waals surface area contributed by atoms with Crippen LogP contribution in [0.2, 0.25) is 0 Å². The first-order valence-corrected chi connectivity index (χ1v) is 10.9. The maximum Gasteiger partial charge on any atom is -0.0140 e. The van der Waals surface area contributed by atoms with E-state index in [-0.39, 0.29) is 0 Å². The van der Waals surface area contributed by atoms with Crippen molar-refractivity contribution in [2.75, 3.05) is 0 Å². The fourth-order valence-corrected chi connectivity index (χ4v) is 3.51. The molecule has 2 atom stereocenters. The van der Waals surface area contributed by atoms with Crippen molar-refractivity contribution in [2.24, 2.45) is 23.2 Å². The predicted octanol–water partition coefficient (Wildman–Crippen LogP) is 9.31. The van der Waals surface area contributed by atoms with Crippen molar-refractivity contribution in [3.63, 3.8) is 0 Å². The van der Waals surface area contributed by atoms with E-state index >= 15 is 0 Å². The van der Waals surface area contributed by atoms with E-state index in [0.29, 0.717) is 5.41 Å². The molecule has 0 saturated carbocycles. The van der Waals surface area contributed by atoms with Gasteiger partial charge in [-0.2, -0.15) is 0 Å². The monoisotopic (exact) mass is 372 g/mol. The van der Waals surface area contributed by atoms with Crippen LogP contribution in [0.15, 0.2) is 47.1 Å². The third-order valence-electron chi connectivity index (χ3n) is 5.35. The van der Waals surface area contributed by atoms with Gasteiger partial charge in [0.2, 0.25) is 0 Å². The quantitative estimate of drug-likeness (QED) is 0.407. The highest BCUT2D eigenvalue weighted by Crippen LogP contribution is 2.37. The molecular weight excluding hydrogens is 324 g/mol. The highest BCUT2D eigenvalue weighted by Gasteiger charge is 2.26. The Hall–Kier alpha value is -1.04. The molecule has 0 amide bonds. The fraction of sp³-hybridized carbons (Fsp3) is 0.704. The SMILES string of the molecule is C=C(C)C1CCC(C)=CC1C(C)C.CC(C)=CCC/C(C)=C/CC(C)(C)C. The second-order valence-electron chi connectivity index (χ2n) is 10.5. The maximum absolute atomic E-state index is 4.11. The summed E-state index contributed by atoms with van der Waals surface area (Å²) >= 11 is 0. The molecule has 0 N–H and O–H groups in total. The molecule has 1 rings (SSSR count). The van der Waals surface area contributed by atoms with E-state index in [9.17, 15) is 0 Å². The highest BCUT2D eigenvalue weighted by molar-refractivity contribution is 5.14. The minimum absolute atomic E-state index is 0.428. The van der Waals surface area contributed by atoms with Crippen molar-refractivity contribution in [1.82, 2.24) is 0 Å². The Morgan fingerprint density at radius 1 is 1.15 bits per heavy atom. The molecule has 1 aliphatic rings. The van der Waals surface area contributed by atoms with Gasteiger partial charge in [-0.25, -0.2) is 0 Å². The summed E-state index contributed by atoms with van der Waals surface area (Å²) in [4.78, 5) is 0. The minimum atomic E-state index is 0.428. The summed E-state index contributed by atoms with van der Waals surface area (Å²) in [6, 6.07) is 0. The Kier molecular flexibility index (Phi) is 11.9. The first kappa shape index (κ1) is 26.0. The Balaban J connectivity index is 0.000000501. The van der Waals surface area contributed by atoms with Crippen molar-refractivity contribution in [3.05, 3.63) is 47.1 Å². The molecule has 0 fully saturated rings. The Morgan fingerprint density at radius 2 is 1.74 bits per heavy atom. The summed E-state index contributed by atoms with van der Waals surface area (Å²) < 4.78 is 0. The lowest BCUT2D eigenvalue weighted by Crippen LogP contribution is -2.22. The van der Waals surface area contributed by atoms with E-state index in [1.165, 1.54) is 48.8 Å². The molecule has 0 aromatic rings. The van der Waals surface area contributed by atoms with Gasteiger partial charge in [-0.1, -0.05) is 81.7 Å². The average Bonchev–Trinajstić information content (AvgIpc) is 2.52. The van der Waals surface area contributed by atoms with Gasteiger partial charge in [0.05, 0.1) is 0 Å². The van der Waals surface area contributed by atoms with Gasteiger partial charge in [0.1, 0.15) is 0 Å². The number of hydrogen-bond donors (Lipinski definition) is 0. The summed E-state index contributed by atoms with van der Waals surface area (Å²) in [6.45, 7) is 26.6. The van der Waals surface area contributed by atoms with Crippen molar-refractivity contribution < 1.29 is 0 Å². The molecular formula is C27H48. The van der Waals surface area contributed by atoms with E-state index in [2.05, 4.69) is 94.0 Å². The lowest BCUT2D eigenvalue weighted by atomic mass is 9.73. The molecule has 0 aromatic carbocycles. The van der Waals surface area contributed by atoms with Crippen molar-refractivity contribution in [2.45, 2.75) is 101 Å². The smallest absolute Gasteiger partial charge is 0.0140 e. The molecule has 156 valence electrons. The van der Waals surface area contributed by atoms with Crippen LogP contribution in [0.4, 0.5) is 0 Å². The zero-order valence-electron chi connectivity index (χ0n) is 20.2. The molecule has 0 saturated heterocycles. The maximum atomic E-state index is 4.11. The topological polar surface area (TPSA) is 0 Å². The number of rotatable bonds is 6. The summed E-state index contributed by atoms with van der Waals surface area (Å²) in [5.74, 6) is 2.20. The van der Waals surface area contributed by atoms with Crippen LogP contribution in [0.5, 0.6) is 0 Å². The largest absolute Gasteiger partial charge is 0.0998 e. The van der Waals surface area contributed by atoms with Gasteiger partial charge in [0.15, 0.2) is 0 Å². The van der Waals surface area contributed by atoms with Gasteiger partial charge in [-0.3, -0.25) is 0 Å². The number of hydrogen-bond acceptors (Lipinski definition) is 0. The standard InChI is InChI=1S/C14H26.C13H22/c1-12(2)8-7-9-13(3)10-11-14(4,5)6;1-9(2)12-7-6-11(5)8-13(12)10(3)4/h8,10H,7,9,11H2,1-6H3;8,10,12-13H,1,6-7H2,2-5H3/b13-10+;. The molecule has 0 radical (unpaired) electrons. The minimum Gasteiger partial charge on any atom is -0.0998 e. The fourth-order valence-electron chi connectivity index (χ4n) is 3.51. The van der Waals surface area contributed by atoms with Gasteiger partial charge < -0.3 is 0 Å². The predicted molar refractivity (Wildman–Crippen MR) is 126 cm³/mol. The van der Waals surface area contributed by atoms with Crippen LogP contribution in [-0.2, 0) is 0 Å². The second kappa shape index (κ2) is 12.4. The molecule has 0 aromatic heterocycles. The first-order chi connectivity index (χ1) is 12.3. The molecule has 2 unspecified atom stereocenters. The van der Waals surface area contributed by atoms with Crippen molar-refractivity contribution in [1.29, 1.82) is 0 Å². The van der Waals surface area contributed by atoms with Gasteiger partial charge in [0, 0.05) is 0 Å². The third kappa shape index (κ3) is 12.9. The van der Waals surface area contributed by atoms with Crippen LogP contribution in [0, 0.1) is 23.2 Å². The summed E-state index contributed by atoms with van der Waals surface area (Å²) in [5, 5.41) is 0. The van der Waals surface area contributed by atoms with E-state index in [1.54, 1.807) is 5.57 Å². The van der Waals surface area contributed by atoms with Crippen molar-refractivity contribution >= 4 is 0 Å². The van der Waals surface area contributed by atoms with Crippen LogP contribution in [0.3, 0.4) is 0 Å². The molecule has 27 heavy (non-hydrogen) atoms. The second-order valence-corrected chi connectivity index (χ2v) is 10.5. The molecule has 0 spiro atoms. The zero-order chi connectivity index (χ0) is 21.2. The first-order valence-electron chi connectivity index (χ1n) is 10.9. The zero-order valence-corrected chi connectivity index (χ0v) is 20.2. The van der Waals surface area contributed by atoms with Gasteiger partial charge in [-0.15, -0.1) is 0 Å². The van der Waals surface area contributed by atoms with E-state index in [0.717, 1.165) is 17.8 Å². The van der Waals surface area contributed by atoms with Crippen LogP contribution >= 0.6 is 0 Å². The number of allylic oxidation sites excluding steroid dienone is 7. The molecule has 1 aliphatic carbocycles. The highest BCUT2D eigenvalue weighted by atomic mass is 14.3. The Morgan fingerprint density at radius 3 is 2.19 bits per heavy atom. The summed E-state index contributed by atoms with van der Waals surface area (Å²) in [5.41, 5.74) is 6.31. The average molecular weight is 373 g/mol. The molecule has 0 aliphatic heterocycles. The normalized spacial score (nSPS) is 20.6. The van der Waals surface area contributed by atoms with Gasteiger partial charge >= 0.3 is 0 Å². The summed E-state index contributed by atoms with van der Waals surface area (Å²) in [6.07, 6.45) is 13.3. The lowest BCUT2D eigenvalue weighted by Gasteiger charge is -2.32. The van der Waals surface area contributed by atoms with Gasteiger partial charge in [-0.05, 0) is 89.9 Å². The van der Waals surface area contributed by atoms with Crippen LogP contribution < -0.4 is 0 Å². The third-order valence-corrected chi connectivity index (χ3v) is 5.35. The van der Waals surface area contributed by atoms with Crippen LogP contribution in [0.1, 0.15) is 101 Å². The molecule has 0 heteroatoms. The van der Waals surface area contributed by atoms with Crippen molar-refractivity contribution in [3.8, 4) is 0 Å². The van der Waals surface area contributed by atoms with Gasteiger partial charge in [0.25, 0.3) is 0 Å². The molecule has 0 bridgehead atoms. The van der Waals surface area contributed by atoms with E-state index in [4.69, 9.17) is 0 Å². The molecule has 0 heterocycles. The van der Waals surface area contributed by atoms with E-state index < -0.39 is 0 Å². The lowest BCUT2D eigenvalue weighted by molar-refractivity contribution is 0.317. The van der Waals surface area contributed by atoms with Crippen LogP contribution in [0.25, 0.3) is 0 Å². The Bertz CT molecular complexity index is 527. The van der Waals surface area contributed by atoms with Crippen LogP contribution in [-0.4, -0.2) is 0 Å². The molecule has 0 nitrogen and oxygen atoms in total. The Labute approximate surface area is 171 Å². The summed E-state index contributed by atoms with van der Waals surface area (Å²) in [7, 11) is 0. The van der Waals surface area contributed by atoms with E-state index in [1.807, 2.05) is 0 Å².